The van der Waals surface area contributed by atoms with Gasteiger partial charge in [-0.1, -0.05) is 0 Å². The highest BCUT2D eigenvalue weighted by Gasteiger charge is 2.32. The van der Waals surface area contributed by atoms with E-state index in [1.54, 1.807) is 18.5 Å². The normalized spacial score (nSPS) is 13.3. The van der Waals surface area contributed by atoms with E-state index in [-0.39, 0.29) is 5.88 Å². The molecule has 0 bridgehead atoms. The van der Waals surface area contributed by atoms with Gasteiger partial charge < -0.3 is 4.57 Å². The summed E-state index contributed by atoms with van der Waals surface area (Å²) in [6, 6.07) is 0. The number of alkyl halides is 1. The predicted octanol–water partition coefficient (Wildman–Crippen LogP) is 1.64. The van der Waals surface area contributed by atoms with Gasteiger partial charge in [0.15, 0.2) is 15.5 Å². The van der Waals surface area contributed by atoms with Crippen LogP contribution in [0.5, 0.6) is 0 Å². The number of aromatic nitrogens is 4. The zero-order valence-electron chi connectivity index (χ0n) is 12.3. The van der Waals surface area contributed by atoms with Gasteiger partial charge >= 0.3 is 0 Å². The summed E-state index contributed by atoms with van der Waals surface area (Å²) < 4.78 is 26.5. The van der Waals surface area contributed by atoms with Gasteiger partial charge in [0.05, 0.1) is 16.3 Å². The molecule has 6 nitrogen and oxygen atoms in total. The summed E-state index contributed by atoms with van der Waals surface area (Å²) in [6.07, 6.45) is 1.25. The molecule has 8 heteroatoms. The van der Waals surface area contributed by atoms with E-state index >= 15 is 0 Å². The molecule has 0 fully saturated rings. The molecule has 0 N–H and O–H groups in total. The summed E-state index contributed by atoms with van der Waals surface area (Å²) in [6.45, 7) is 5.58. The van der Waals surface area contributed by atoms with Crippen LogP contribution in [0, 0.1) is 6.92 Å². The smallest absolute Gasteiger partial charge is 0.158 e. The lowest BCUT2D eigenvalue weighted by molar-refractivity contribution is 0.498. The Kier molecular flexibility index (Phi) is 3.62. The second-order valence-electron chi connectivity index (χ2n) is 5.66. The Morgan fingerprint density at radius 2 is 1.95 bits per heavy atom. The van der Waals surface area contributed by atoms with E-state index in [1.807, 2.05) is 18.5 Å². The summed E-state index contributed by atoms with van der Waals surface area (Å²) in [5, 5.41) is 4.32. The molecule has 0 radical (unpaired) electrons. The van der Waals surface area contributed by atoms with E-state index in [2.05, 4.69) is 10.1 Å². The molecule has 0 aromatic carbocycles. The molecule has 0 atom stereocenters. The average Bonchev–Trinajstić information content (AvgIpc) is 2.77. The summed E-state index contributed by atoms with van der Waals surface area (Å²) >= 11 is 5.95. The van der Waals surface area contributed by atoms with Crippen LogP contribution in [0.15, 0.2) is 0 Å². The van der Waals surface area contributed by atoms with E-state index < -0.39 is 14.6 Å². The Hall–Kier alpha value is -1.08. The molecule has 0 aliphatic carbocycles. The van der Waals surface area contributed by atoms with Gasteiger partial charge in [0.2, 0.25) is 0 Å². The SMILES string of the molecule is Cc1nn(C)c2c1nc(CCl)n2CC(C)(C)S(C)(=O)=O. The molecule has 0 spiro atoms. The highest BCUT2D eigenvalue weighted by atomic mass is 35.5. The van der Waals surface area contributed by atoms with Crippen LogP contribution in [-0.4, -0.2) is 38.8 Å². The van der Waals surface area contributed by atoms with Crippen LogP contribution in [-0.2, 0) is 29.3 Å². The molecule has 2 aromatic rings. The number of sulfone groups is 1. The minimum Gasteiger partial charge on any atom is -0.310 e. The van der Waals surface area contributed by atoms with Gasteiger partial charge in [-0.25, -0.2) is 13.4 Å². The lowest BCUT2D eigenvalue weighted by atomic mass is 10.2. The quantitative estimate of drug-likeness (QED) is 0.804. The molecule has 2 heterocycles. The molecule has 0 saturated heterocycles. The van der Waals surface area contributed by atoms with Gasteiger partial charge in [-0.05, 0) is 20.8 Å². The van der Waals surface area contributed by atoms with Crippen LogP contribution in [0.3, 0.4) is 0 Å². The van der Waals surface area contributed by atoms with Gasteiger partial charge in [-0.3, -0.25) is 4.68 Å². The maximum absolute atomic E-state index is 11.9. The maximum Gasteiger partial charge on any atom is 0.158 e. The minimum atomic E-state index is -3.20. The van der Waals surface area contributed by atoms with Crippen LogP contribution in [0.1, 0.15) is 25.4 Å². The molecule has 112 valence electrons. The van der Waals surface area contributed by atoms with Crippen molar-refractivity contribution in [1.29, 1.82) is 0 Å². The minimum absolute atomic E-state index is 0.230. The van der Waals surface area contributed by atoms with Crippen LogP contribution >= 0.6 is 11.6 Å². The van der Waals surface area contributed by atoms with Gasteiger partial charge in [0, 0.05) is 19.8 Å². The predicted molar refractivity (Wildman–Crippen MR) is 79.7 cm³/mol. The fourth-order valence-corrected chi connectivity index (χ4v) is 2.71. The fraction of sp³-hybridized carbons (Fsp3) is 0.667. The topological polar surface area (TPSA) is 69.8 Å². The zero-order valence-corrected chi connectivity index (χ0v) is 13.9. The third kappa shape index (κ3) is 2.33. The molecule has 0 unspecified atom stereocenters. The number of fused-ring (bicyclic) bond motifs is 1. The Morgan fingerprint density at radius 1 is 1.35 bits per heavy atom. The first-order chi connectivity index (χ1) is 9.08. The maximum atomic E-state index is 11.9. The third-order valence-corrected chi connectivity index (χ3v) is 6.01. The van der Waals surface area contributed by atoms with Crippen molar-refractivity contribution >= 4 is 32.6 Å². The van der Waals surface area contributed by atoms with Crippen molar-refractivity contribution < 1.29 is 8.42 Å². The summed E-state index contributed by atoms with van der Waals surface area (Å²) in [5.74, 6) is 0.892. The highest BCUT2D eigenvalue weighted by molar-refractivity contribution is 7.92. The van der Waals surface area contributed by atoms with Gasteiger partial charge in [0.25, 0.3) is 0 Å². The fourth-order valence-electron chi connectivity index (χ4n) is 2.15. The van der Waals surface area contributed by atoms with Crippen molar-refractivity contribution in [3.63, 3.8) is 0 Å². The van der Waals surface area contributed by atoms with E-state index in [4.69, 9.17) is 11.6 Å². The lowest BCUT2D eigenvalue weighted by Gasteiger charge is -2.24. The summed E-state index contributed by atoms with van der Waals surface area (Å²) in [7, 11) is -1.38. The largest absolute Gasteiger partial charge is 0.310 e. The van der Waals surface area contributed by atoms with Crippen molar-refractivity contribution in [2.24, 2.45) is 7.05 Å². The molecule has 2 rings (SSSR count). The number of halogens is 1. The number of nitrogens with zero attached hydrogens (tertiary/aromatic N) is 4. The molecule has 0 saturated carbocycles. The van der Waals surface area contributed by atoms with Crippen molar-refractivity contribution in [3.05, 3.63) is 11.5 Å². The van der Waals surface area contributed by atoms with Gasteiger partial charge in [0.1, 0.15) is 11.3 Å². The first kappa shape index (κ1) is 15.3. The average molecular weight is 319 g/mol. The Morgan fingerprint density at radius 3 is 2.45 bits per heavy atom. The van der Waals surface area contributed by atoms with E-state index in [9.17, 15) is 8.42 Å². The third-order valence-electron chi connectivity index (χ3n) is 3.63. The first-order valence-electron chi connectivity index (χ1n) is 6.23. The monoisotopic (exact) mass is 318 g/mol. The second-order valence-corrected chi connectivity index (χ2v) is 8.58. The molecular weight excluding hydrogens is 300 g/mol. The highest BCUT2D eigenvalue weighted by Crippen LogP contribution is 2.25. The summed E-state index contributed by atoms with van der Waals surface area (Å²) in [5.41, 5.74) is 2.38. The first-order valence-corrected chi connectivity index (χ1v) is 8.65. The Bertz CT molecular complexity index is 758. The zero-order chi connectivity index (χ0) is 15.3. The second kappa shape index (κ2) is 4.73. The van der Waals surface area contributed by atoms with Gasteiger partial charge in [-0.2, -0.15) is 5.10 Å². The number of hydrogen-bond acceptors (Lipinski definition) is 4. The molecule has 0 amide bonds. The van der Waals surface area contributed by atoms with Gasteiger partial charge in [-0.15, -0.1) is 11.6 Å². The summed E-state index contributed by atoms with van der Waals surface area (Å²) in [4.78, 5) is 4.47. The number of aryl methyl sites for hydroxylation is 2. The molecular formula is C12H19ClN4O2S. The molecule has 0 aliphatic heterocycles. The van der Waals surface area contributed by atoms with E-state index in [1.165, 1.54) is 6.26 Å². The number of imidazole rings is 1. The van der Waals surface area contributed by atoms with Crippen molar-refractivity contribution in [2.45, 2.75) is 37.9 Å². The number of hydrogen-bond donors (Lipinski definition) is 0. The van der Waals surface area contributed by atoms with Crippen LogP contribution < -0.4 is 0 Å². The Labute approximate surface area is 123 Å². The lowest BCUT2D eigenvalue weighted by Crippen LogP contribution is -2.36. The van der Waals surface area contributed by atoms with Crippen LogP contribution in [0.2, 0.25) is 0 Å². The van der Waals surface area contributed by atoms with Crippen LogP contribution in [0.4, 0.5) is 0 Å². The van der Waals surface area contributed by atoms with Crippen molar-refractivity contribution in [2.75, 3.05) is 6.26 Å². The van der Waals surface area contributed by atoms with E-state index in [0.717, 1.165) is 16.9 Å². The van der Waals surface area contributed by atoms with Crippen LogP contribution in [0.25, 0.3) is 11.2 Å². The van der Waals surface area contributed by atoms with Crippen molar-refractivity contribution in [3.8, 4) is 0 Å². The molecule has 20 heavy (non-hydrogen) atoms. The number of rotatable bonds is 4. The van der Waals surface area contributed by atoms with Crippen molar-refractivity contribution in [1.82, 2.24) is 19.3 Å². The van der Waals surface area contributed by atoms with E-state index in [0.29, 0.717) is 12.4 Å². The molecule has 0 aliphatic rings. The standard InChI is InChI=1S/C12H19ClN4O2S/c1-8-10-11(16(4)15-8)17(9(6-13)14-10)7-12(2,3)20(5,18)19/h6-7H2,1-5H3. The Balaban J connectivity index is 2.64. The molecule has 2 aromatic heterocycles.